The first-order valence-corrected chi connectivity index (χ1v) is 5.97. The fourth-order valence-corrected chi connectivity index (χ4v) is 2.26. The minimum absolute atomic E-state index is 0.549. The maximum Gasteiger partial charge on any atom is 0.105 e. The van der Waals surface area contributed by atoms with Gasteiger partial charge in [0, 0.05) is 5.02 Å². The van der Waals surface area contributed by atoms with E-state index in [1.165, 1.54) is 0 Å². The monoisotopic (exact) mass is 238 g/mol. The molecule has 0 spiro atoms. The third-order valence-electron chi connectivity index (χ3n) is 2.36. The molecular formula is C12H11ClOS. The molecule has 0 aliphatic heterocycles. The van der Waals surface area contributed by atoms with Gasteiger partial charge in [0.2, 0.25) is 0 Å². The van der Waals surface area contributed by atoms with E-state index in [0.717, 1.165) is 21.7 Å². The predicted octanol–water partition coefficient (Wildman–Crippen LogP) is 3.79. The molecule has 1 heterocycles. The van der Waals surface area contributed by atoms with E-state index in [1.54, 1.807) is 11.3 Å². The van der Waals surface area contributed by atoms with Crippen molar-refractivity contribution in [3.05, 3.63) is 56.7 Å². The van der Waals surface area contributed by atoms with Crippen LogP contribution in [0.2, 0.25) is 5.02 Å². The molecule has 0 fully saturated rings. The number of hydrogen-bond acceptors (Lipinski definition) is 2. The molecular weight excluding hydrogens is 228 g/mol. The van der Waals surface area contributed by atoms with E-state index in [4.69, 9.17) is 11.6 Å². The highest BCUT2D eigenvalue weighted by Gasteiger charge is 2.11. The fourth-order valence-electron chi connectivity index (χ4n) is 1.46. The van der Waals surface area contributed by atoms with Gasteiger partial charge in [-0.05, 0) is 46.5 Å². The second kappa shape index (κ2) is 4.35. The molecule has 0 aliphatic rings. The predicted molar refractivity (Wildman–Crippen MR) is 64.6 cm³/mol. The summed E-state index contributed by atoms with van der Waals surface area (Å²) in [6.07, 6.45) is -0.549. The van der Waals surface area contributed by atoms with Crippen molar-refractivity contribution in [3.8, 4) is 0 Å². The number of aryl methyl sites for hydroxylation is 1. The van der Waals surface area contributed by atoms with Gasteiger partial charge in [-0.15, -0.1) is 0 Å². The van der Waals surface area contributed by atoms with Crippen molar-refractivity contribution in [1.82, 2.24) is 0 Å². The molecule has 1 N–H and O–H groups in total. The van der Waals surface area contributed by atoms with Crippen LogP contribution in [0.5, 0.6) is 0 Å². The summed E-state index contributed by atoms with van der Waals surface area (Å²) < 4.78 is 0. The summed E-state index contributed by atoms with van der Waals surface area (Å²) in [5.41, 5.74) is 2.81. The molecule has 0 aliphatic carbocycles. The molecule has 0 bridgehead atoms. The first-order chi connectivity index (χ1) is 7.18. The Morgan fingerprint density at radius 1 is 1.27 bits per heavy atom. The molecule has 1 aromatic carbocycles. The van der Waals surface area contributed by atoms with Crippen LogP contribution in [0, 0.1) is 6.92 Å². The van der Waals surface area contributed by atoms with Gasteiger partial charge in [0.15, 0.2) is 0 Å². The van der Waals surface area contributed by atoms with Crippen molar-refractivity contribution < 1.29 is 5.11 Å². The number of aliphatic hydroxyl groups is 1. The molecule has 1 atom stereocenters. The van der Waals surface area contributed by atoms with Gasteiger partial charge in [-0.3, -0.25) is 0 Å². The Labute approximate surface area is 98.0 Å². The van der Waals surface area contributed by atoms with Crippen molar-refractivity contribution in [2.75, 3.05) is 0 Å². The van der Waals surface area contributed by atoms with E-state index in [2.05, 4.69) is 0 Å². The maximum absolute atomic E-state index is 10.1. The molecule has 0 unspecified atom stereocenters. The van der Waals surface area contributed by atoms with Crippen molar-refractivity contribution in [1.29, 1.82) is 0 Å². The summed E-state index contributed by atoms with van der Waals surface area (Å²) in [4.78, 5) is 0. The molecule has 0 saturated heterocycles. The Hall–Kier alpha value is -0.830. The number of benzene rings is 1. The Morgan fingerprint density at radius 2 is 2.07 bits per heavy atom. The van der Waals surface area contributed by atoms with Crippen LogP contribution in [0.15, 0.2) is 35.0 Å². The van der Waals surface area contributed by atoms with Crippen molar-refractivity contribution in [2.24, 2.45) is 0 Å². The van der Waals surface area contributed by atoms with Crippen molar-refractivity contribution in [3.63, 3.8) is 0 Å². The van der Waals surface area contributed by atoms with E-state index >= 15 is 0 Å². The Bertz CT molecular complexity index is 451. The third-order valence-corrected chi connectivity index (χ3v) is 3.48. The second-order valence-corrected chi connectivity index (χ2v) is 4.66. The van der Waals surface area contributed by atoms with Gasteiger partial charge in [0.25, 0.3) is 0 Å². The molecule has 0 radical (unpaired) electrons. The minimum Gasteiger partial charge on any atom is -0.384 e. The average Bonchev–Trinajstić information content (AvgIpc) is 2.74. The Morgan fingerprint density at radius 3 is 2.67 bits per heavy atom. The van der Waals surface area contributed by atoms with Crippen LogP contribution in [0.1, 0.15) is 22.8 Å². The van der Waals surface area contributed by atoms with Crippen LogP contribution in [0.25, 0.3) is 0 Å². The molecule has 0 amide bonds. The van der Waals surface area contributed by atoms with Crippen LogP contribution in [0.4, 0.5) is 0 Å². The highest BCUT2D eigenvalue weighted by Crippen LogP contribution is 2.26. The van der Waals surface area contributed by atoms with E-state index in [0.29, 0.717) is 0 Å². The number of aliphatic hydroxyl groups excluding tert-OH is 1. The number of hydrogen-bond donors (Lipinski definition) is 1. The molecule has 3 heteroatoms. The van der Waals surface area contributed by atoms with Crippen LogP contribution in [-0.4, -0.2) is 5.11 Å². The lowest BCUT2D eigenvalue weighted by atomic mass is 10.0. The molecule has 78 valence electrons. The molecule has 2 rings (SSSR count). The van der Waals surface area contributed by atoms with Gasteiger partial charge in [-0.25, -0.2) is 0 Å². The summed E-state index contributed by atoms with van der Waals surface area (Å²) >= 11 is 7.51. The van der Waals surface area contributed by atoms with Gasteiger partial charge in [-0.2, -0.15) is 11.3 Å². The zero-order valence-corrected chi connectivity index (χ0v) is 9.85. The lowest BCUT2D eigenvalue weighted by molar-refractivity contribution is 0.221. The zero-order chi connectivity index (χ0) is 10.8. The fraction of sp³-hybridized carbons (Fsp3) is 0.167. The Balaban J connectivity index is 2.34. The lowest BCUT2D eigenvalue weighted by Crippen LogP contribution is -1.98. The summed E-state index contributed by atoms with van der Waals surface area (Å²) in [5.74, 6) is 0. The molecule has 15 heavy (non-hydrogen) atoms. The summed E-state index contributed by atoms with van der Waals surface area (Å²) in [5, 5.41) is 14.7. The highest BCUT2D eigenvalue weighted by molar-refractivity contribution is 7.07. The van der Waals surface area contributed by atoms with E-state index in [9.17, 15) is 5.11 Å². The smallest absolute Gasteiger partial charge is 0.105 e. The standard InChI is InChI=1S/C12H11ClOS/c1-8-6-9(2-3-11(8)13)12(14)10-4-5-15-7-10/h2-7,12,14H,1H3/t12-/m1/s1. The van der Waals surface area contributed by atoms with E-state index in [-0.39, 0.29) is 0 Å². The van der Waals surface area contributed by atoms with Crippen LogP contribution in [-0.2, 0) is 0 Å². The van der Waals surface area contributed by atoms with Crippen molar-refractivity contribution in [2.45, 2.75) is 13.0 Å². The second-order valence-electron chi connectivity index (χ2n) is 3.47. The molecule has 1 aromatic heterocycles. The first kappa shape index (κ1) is 10.7. The summed E-state index contributed by atoms with van der Waals surface area (Å²) in [6.45, 7) is 1.94. The Kier molecular flexibility index (Phi) is 3.10. The average molecular weight is 239 g/mol. The van der Waals surface area contributed by atoms with Gasteiger partial charge >= 0.3 is 0 Å². The van der Waals surface area contributed by atoms with Crippen LogP contribution >= 0.6 is 22.9 Å². The first-order valence-electron chi connectivity index (χ1n) is 4.64. The van der Waals surface area contributed by atoms with Gasteiger partial charge in [0.1, 0.15) is 6.10 Å². The highest BCUT2D eigenvalue weighted by atomic mass is 35.5. The maximum atomic E-state index is 10.1. The normalized spacial score (nSPS) is 12.7. The SMILES string of the molecule is Cc1cc([C@@H](O)c2ccsc2)ccc1Cl. The quantitative estimate of drug-likeness (QED) is 0.844. The van der Waals surface area contributed by atoms with Gasteiger partial charge in [0.05, 0.1) is 0 Å². The van der Waals surface area contributed by atoms with E-state index in [1.807, 2.05) is 41.9 Å². The van der Waals surface area contributed by atoms with Crippen molar-refractivity contribution >= 4 is 22.9 Å². The molecule has 1 nitrogen and oxygen atoms in total. The lowest BCUT2D eigenvalue weighted by Gasteiger charge is -2.10. The molecule has 2 aromatic rings. The summed E-state index contributed by atoms with van der Waals surface area (Å²) in [7, 11) is 0. The van der Waals surface area contributed by atoms with Crippen LogP contribution in [0.3, 0.4) is 0 Å². The number of halogens is 1. The van der Waals surface area contributed by atoms with Gasteiger partial charge < -0.3 is 5.11 Å². The third kappa shape index (κ3) is 2.23. The van der Waals surface area contributed by atoms with Gasteiger partial charge in [-0.1, -0.05) is 23.7 Å². The summed E-state index contributed by atoms with van der Waals surface area (Å²) in [6, 6.07) is 7.53. The molecule has 0 saturated carbocycles. The number of rotatable bonds is 2. The van der Waals surface area contributed by atoms with Crippen LogP contribution < -0.4 is 0 Å². The largest absolute Gasteiger partial charge is 0.384 e. The zero-order valence-electron chi connectivity index (χ0n) is 8.27. The minimum atomic E-state index is -0.549. The number of thiophene rings is 1. The topological polar surface area (TPSA) is 20.2 Å². The van der Waals surface area contributed by atoms with E-state index < -0.39 is 6.10 Å².